The van der Waals surface area contributed by atoms with Crippen LogP contribution in [-0.2, 0) is 11.2 Å². The molecule has 0 fully saturated rings. The normalized spacial score (nSPS) is 15.5. The average molecular weight is 488 g/mol. The van der Waals surface area contributed by atoms with E-state index in [4.69, 9.17) is 9.47 Å². The van der Waals surface area contributed by atoms with Crippen molar-refractivity contribution >= 4 is 17.6 Å². The summed E-state index contributed by atoms with van der Waals surface area (Å²) in [5.74, 6) is 1.01. The summed E-state index contributed by atoms with van der Waals surface area (Å²) in [7, 11) is 3.22. The van der Waals surface area contributed by atoms with Crippen LogP contribution in [-0.4, -0.2) is 43.6 Å². The summed E-state index contributed by atoms with van der Waals surface area (Å²) >= 11 is 0. The van der Waals surface area contributed by atoms with Gasteiger partial charge >= 0.3 is 6.03 Å². The van der Waals surface area contributed by atoms with E-state index in [0.717, 1.165) is 33.5 Å². The van der Waals surface area contributed by atoms with Gasteiger partial charge in [-0.15, -0.1) is 0 Å². The molecule has 1 aliphatic rings. The van der Waals surface area contributed by atoms with Gasteiger partial charge in [-0.25, -0.2) is 4.79 Å². The molecule has 0 radical (unpaired) electrons. The van der Waals surface area contributed by atoms with Crippen LogP contribution >= 0.6 is 0 Å². The van der Waals surface area contributed by atoms with Gasteiger partial charge in [0.15, 0.2) is 11.5 Å². The van der Waals surface area contributed by atoms with Crippen LogP contribution in [0.25, 0.3) is 0 Å². The number of rotatable bonds is 6. The predicted molar refractivity (Wildman–Crippen MR) is 141 cm³/mol. The van der Waals surface area contributed by atoms with Crippen molar-refractivity contribution < 1.29 is 19.1 Å². The van der Waals surface area contributed by atoms with Crippen LogP contribution in [0, 0.1) is 13.8 Å². The fraction of sp³-hybridized carbons (Fsp3) is 0.310. The van der Waals surface area contributed by atoms with Gasteiger partial charge in [0.1, 0.15) is 6.04 Å². The average Bonchev–Trinajstić information content (AvgIpc) is 2.90. The Morgan fingerprint density at radius 2 is 1.67 bits per heavy atom. The molecule has 36 heavy (non-hydrogen) atoms. The van der Waals surface area contributed by atoms with Crippen molar-refractivity contribution in [2.75, 3.05) is 26.1 Å². The number of benzene rings is 3. The molecular formula is C29H33N3O4. The summed E-state index contributed by atoms with van der Waals surface area (Å²) in [5.41, 5.74) is 5.91. The number of methoxy groups -OCH3 is 2. The molecule has 7 heteroatoms. The fourth-order valence-corrected chi connectivity index (χ4v) is 4.62. The van der Waals surface area contributed by atoms with Crippen molar-refractivity contribution in [2.24, 2.45) is 0 Å². The molecular weight excluding hydrogens is 454 g/mol. The van der Waals surface area contributed by atoms with E-state index >= 15 is 0 Å². The number of fused-ring (bicyclic) bond motifs is 1. The third-order valence-corrected chi connectivity index (χ3v) is 6.85. The SMILES string of the molecule is COc1cc2c(cc1OC)C(c1ccccc1)N(C(=O)N[C@H](C)C(=O)Nc1cccc(C)c1C)CC2. The number of hydrogen-bond acceptors (Lipinski definition) is 4. The van der Waals surface area contributed by atoms with Gasteiger partial charge in [0.2, 0.25) is 5.91 Å². The Morgan fingerprint density at radius 3 is 2.36 bits per heavy atom. The lowest BCUT2D eigenvalue weighted by Gasteiger charge is -2.38. The number of ether oxygens (including phenoxy) is 2. The molecule has 188 valence electrons. The van der Waals surface area contributed by atoms with E-state index in [-0.39, 0.29) is 18.0 Å². The van der Waals surface area contributed by atoms with Crippen LogP contribution in [0.2, 0.25) is 0 Å². The maximum atomic E-state index is 13.5. The number of nitrogens with zero attached hydrogens (tertiary/aromatic N) is 1. The number of carbonyl (C=O) groups is 2. The molecule has 7 nitrogen and oxygen atoms in total. The molecule has 3 amide bonds. The minimum Gasteiger partial charge on any atom is -0.493 e. The van der Waals surface area contributed by atoms with Crippen molar-refractivity contribution in [2.45, 2.75) is 39.3 Å². The predicted octanol–water partition coefficient (Wildman–Crippen LogP) is 5.00. The molecule has 0 saturated carbocycles. The van der Waals surface area contributed by atoms with Gasteiger partial charge in [0.05, 0.1) is 20.3 Å². The van der Waals surface area contributed by atoms with Gasteiger partial charge in [-0.05, 0) is 73.2 Å². The van der Waals surface area contributed by atoms with Crippen molar-refractivity contribution in [1.82, 2.24) is 10.2 Å². The molecule has 1 unspecified atom stereocenters. The van der Waals surface area contributed by atoms with Gasteiger partial charge < -0.3 is 25.0 Å². The van der Waals surface area contributed by atoms with Gasteiger partial charge in [-0.1, -0.05) is 42.5 Å². The smallest absolute Gasteiger partial charge is 0.318 e. The maximum absolute atomic E-state index is 13.5. The minimum atomic E-state index is -0.722. The zero-order valence-corrected chi connectivity index (χ0v) is 21.4. The number of aryl methyl sites for hydroxylation is 1. The van der Waals surface area contributed by atoms with Crippen molar-refractivity contribution in [3.05, 3.63) is 88.5 Å². The lowest BCUT2D eigenvalue weighted by molar-refractivity contribution is -0.117. The quantitative estimate of drug-likeness (QED) is 0.513. The highest BCUT2D eigenvalue weighted by atomic mass is 16.5. The van der Waals surface area contributed by atoms with Gasteiger partial charge in [-0.3, -0.25) is 4.79 Å². The Hall–Kier alpha value is -4.00. The van der Waals surface area contributed by atoms with Gasteiger partial charge in [0.25, 0.3) is 0 Å². The maximum Gasteiger partial charge on any atom is 0.318 e. The highest BCUT2D eigenvalue weighted by Crippen LogP contribution is 2.41. The summed E-state index contributed by atoms with van der Waals surface area (Å²) in [4.78, 5) is 28.2. The van der Waals surface area contributed by atoms with Crippen LogP contribution in [0.3, 0.4) is 0 Å². The fourth-order valence-electron chi connectivity index (χ4n) is 4.62. The summed E-state index contributed by atoms with van der Waals surface area (Å²) in [6.45, 7) is 6.16. The monoisotopic (exact) mass is 487 g/mol. The first-order valence-corrected chi connectivity index (χ1v) is 12.1. The standard InChI is InChI=1S/C29H33N3O4/c1-18-10-9-13-24(19(18)2)31-28(33)20(3)30-29(34)32-15-14-22-16-25(35-4)26(36-5)17-23(22)27(32)21-11-7-6-8-12-21/h6-13,16-17,20,27H,14-15H2,1-5H3,(H,30,34)(H,31,33)/t20-,27?/m1/s1. The molecule has 4 rings (SSSR count). The van der Waals surface area contributed by atoms with Crippen LogP contribution in [0.15, 0.2) is 60.7 Å². The summed E-state index contributed by atoms with van der Waals surface area (Å²) in [6.07, 6.45) is 0.662. The summed E-state index contributed by atoms with van der Waals surface area (Å²) in [6, 6.07) is 18.2. The van der Waals surface area contributed by atoms with E-state index < -0.39 is 6.04 Å². The molecule has 3 aromatic rings. The lowest BCUT2D eigenvalue weighted by Crippen LogP contribution is -2.51. The summed E-state index contributed by atoms with van der Waals surface area (Å²) < 4.78 is 11.1. The van der Waals surface area contributed by atoms with Gasteiger partial charge in [-0.2, -0.15) is 0 Å². The van der Waals surface area contributed by atoms with Crippen LogP contribution < -0.4 is 20.1 Å². The number of anilines is 1. The molecule has 2 N–H and O–H groups in total. The van der Waals surface area contributed by atoms with Crippen LogP contribution in [0.1, 0.15) is 40.8 Å². The Labute approximate surface area is 212 Å². The zero-order valence-electron chi connectivity index (χ0n) is 21.4. The lowest BCUT2D eigenvalue weighted by atomic mass is 9.88. The molecule has 0 spiro atoms. The third-order valence-electron chi connectivity index (χ3n) is 6.85. The second-order valence-corrected chi connectivity index (χ2v) is 9.07. The largest absolute Gasteiger partial charge is 0.493 e. The van der Waals surface area contributed by atoms with E-state index in [9.17, 15) is 9.59 Å². The molecule has 0 aliphatic carbocycles. The molecule has 0 saturated heterocycles. The highest BCUT2D eigenvalue weighted by molar-refractivity contribution is 5.97. The minimum absolute atomic E-state index is 0.267. The Balaban J connectivity index is 1.59. The molecule has 0 aromatic heterocycles. The van der Waals surface area contributed by atoms with Gasteiger partial charge in [0, 0.05) is 12.2 Å². The van der Waals surface area contributed by atoms with Crippen molar-refractivity contribution in [3.63, 3.8) is 0 Å². The number of carbonyl (C=O) groups excluding carboxylic acids is 2. The topological polar surface area (TPSA) is 79.9 Å². The third kappa shape index (κ3) is 5.00. The number of nitrogens with one attached hydrogen (secondary N) is 2. The number of hydrogen-bond donors (Lipinski definition) is 2. The summed E-state index contributed by atoms with van der Waals surface area (Å²) in [5, 5.41) is 5.85. The Morgan fingerprint density at radius 1 is 0.972 bits per heavy atom. The van der Waals surface area contributed by atoms with Crippen molar-refractivity contribution in [3.8, 4) is 11.5 Å². The second-order valence-electron chi connectivity index (χ2n) is 9.07. The van der Waals surface area contributed by atoms with E-state index in [1.54, 1.807) is 26.0 Å². The molecule has 1 heterocycles. The molecule has 1 aliphatic heterocycles. The first-order chi connectivity index (χ1) is 17.3. The molecule has 0 bridgehead atoms. The number of urea groups is 1. The Kier molecular flexibility index (Phi) is 7.48. The van der Waals surface area contributed by atoms with E-state index in [2.05, 4.69) is 10.6 Å². The van der Waals surface area contributed by atoms with E-state index in [1.165, 1.54) is 0 Å². The number of amides is 3. The Bertz CT molecular complexity index is 1260. The molecule has 3 aromatic carbocycles. The highest BCUT2D eigenvalue weighted by Gasteiger charge is 2.34. The van der Waals surface area contributed by atoms with Crippen LogP contribution in [0.4, 0.5) is 10.5 Å². The van der Waals surface area contributed by atoms with Crippen LogP contribution in [0.5, 0.6) is 11.5 Å². The van der Waals surface area contributed by atoms with E-state index in [1.807, 2.05) is 74.5 Å². The second kappa shape index (κ2) is 10.7. The first kappa shape index (κ1) is 25.1. The molecule has 2 atom stereocenters. The van der Waals surface area contributed by atoms with Crippen molar-refractivity contribution in [1.29, 1.82) is 0 Å². The first-order valence-electron chi connectivity index (χ1n) is 12.1. The zero-order chi connectivity index (χ0) is 25.8. The van der Waals surface area contributed by atoms with E-state index in [0.29, 0.717) is 24.5 Å².